The Morgan fingerprint density at radius 3 is 2.86 bits per heavy atom. The predicted molar refractivity (Wildman–Crippen MR) is 58.5 cm³/mol. The molecule has 14 heavy (non-hydrogen) atoms. The number of nitrogens with one attached hydrogen (secondary N) is 2. The van der Waals surface area contributed by atoms with E-state index in [2.05, 4.69) is 29.5 Å². The molecule has 1 unspecified atom stereocenters. The summed E-state index contributed by atoms with van der Waals surface area (Å²) in [6.45, 7) is 4.99. The van der Waals surface area contributed by atoms with Gasteiger partial charge in [0.15, 0.2) is 5.17 Å². The van der Waals surface area contributed by atoms with Gasteiger partial charge in [0.25, 0.3) is 0 Å². The lowest BCUT2D eigenvalue weighted by Crippen LogP contribution is -2.37. The molecule has 1 atom stereocenters. The molecule has 0 bridgehead atoms. The van der Waals surface area contributed by atoms with Gasteiger partial charge in [0.1, 0.15) is 0 Å². The Morgan fingerprint density at radius 1 is 1.57 bits per heavy atom. The maximum atomic E-state index is 10.9. The van der Waals surface area contributed by atoms with Gasteiger partial charge >= 0.3 is 0 Å². The largest absolute Gasteiger partial charge is 0.359 e. The van der Waals surface area contributed by atoms with E-state index >= 15 is 0 Å². The molecule has 0 aromatic heterocycles. The Morgan fingerprint density at radius 2 is 2.36 bits per heavy atom. The van der Waals surface area contributed by atoms with Crippen LogP contribution < -0.4 is 10.6 Å². The van der Waals surface area contributed by atoms with E-state index in [4.69, 9.17) is 0 Å². The number of aliphatic imine (C=N–C) groups is 1. The maximum Gasteiger partial charge on any atom is 0.222 e. The lowest BCUT2D eigenvalue weighted by molar-refractivity contribution is -0.119. The average molecular weight is 213 g/mol. The summed E-state index contributed by atoms with van der Waals surface area (Å²) in [5.74, 6) is 1.15. The number of thioether (sulfide) groups is 1. The van der Waals surface area contributed by atoms with Crippen molar-refractivity contribution in [2.45, 2.75) is 31.8 Å². The number of nitrogens with zero attached hydrogens (tertiary/aromatic N) is 1. The van der Waals surface area contributed by atoms with E-state index in [9.17, 15) is 4.79 Å². The third-order valence-corrected chi connectivity index (χ3v) is 3.62. The van der Waals surface area contributed by atoms with Crippen molar-refractivity contribution in [1.82, 2.24) is 10.6 Å². The summed E-state index contributed by atoms with van der Waals surface area (Å²) < 4.78 is 0. The van der Waals surface area contributed by atoms with Crippen molar-refractivity contribution >= 4 is 22.8 Å². The lowest BCUT2D eigenvalue weighted by atomic mass is 10.1. The minimum Gasteiger partial charge on any atom is -0.359 e. The topological polar surface area (TPSA) is 53.5 Å². The molecule has 2 aliphatic rings. The predicted octanol–water partition coefficient (Wildman–Crippen LogP) is 0.346. The Balaban J connectivity index is 1.96. The number of rotatable bonds is 1. The van der Waals surface area contributed by atoms with Gasteiger partial charge in [-0.25, -0.2) is 0 Å². The van der Waals surface area contributed by atoms with Crippen molar-refractivity contribution in [3.8, 4) is 0 Å². The first-order valence-electron chi connectivity index (χ1n) is 4.81. The monoisotopic (exact) mass is 213 g/mol. The zero-order chi connectivity index (χ0) is 10.2. The minimum absolute atomic E-state index is 0.113. The molecule has 2 heterocycles. The van der Waals surface area contributed by atoms with E-state index in [0.29, 0.717) is 13.0 Å². The third kappa shape index (κ3) is 2.20. The summed E-state index contributed by atoms with van der Waals surface area (Å²) in [5, 5.41) is 7.11. The van der Waals surface area contributed by atoms with Crippen LogP contribution in [0.25, 0.3) is 0 Å². The third-order valence-electron chi connectivity index (χ3n) is 2.27. The number of hydrogen-bond donors (Lipinski definition) is 2. The van der Waals surface area contributed by atoms with Crippen molar-refractivity contribution in [2.75, 3.05) is 12.3 Å². The minimum atomic E-state index is 0.113. The summed E-state index contributed by atoms with van der Waals surface area (Å²) in [6, 6.07) is 0.131. The quantitative estimate of drug-likeness (QED) is 0.660. The van der Waals surface area contributed by atoms with Gasteiger partial charge in [0.05, 0.1) is 12.5 Å². The summed E-state index contributed by atoms with van der Waals surface area (Å²) in [5.41, 5.74) is 0.138. The molecule has 0 saturated carbocycles. The molecular formula is C9H15N3OS. The molecular weight excluding hydrogens is 198 g/mol. The Kier molecular flexibility index (Phi) is 2.43. The number of hydrogen-bond acceptors (Lipinski definition) is 3. The van der Waals surface area contributed by atoms with Gasteiger partial charge < -0.3 is 10.6 Å². The first kappa shape index (κ1) is 9.83. The molecule has 2 aliphatic heterocycles. The van der Waals surface area contributed by atoms with E-state index < -0.39 is 0 Å². The van der Waals surface area contributed by atoms with Gasteiger partial charge in [0, 0.05) is 17.8 Å². The molecule has 0 aromatic rings. The maximum absolute atomic E-state index is 10.9. The van der Waals surface area contributed by atoms with Crippen molar-refractivity contribution in [3.05, 3.63) is 0 Å². The van der Waals surface area contributed by atoms with Crippen LogP contribution in [0.1, 0.15) is 20.3 Å². The van der Waals surface area contributed by atoms with Gasteiger partial charge in [-0.1, -0.05) is 11.8 Å². The Hall–Kier alpha value is -0.710. The van der Waals surface area contributed by atoms with Crippen LogP contribution in [0, 0.1) is 0 Å². The second-order valence-electron chi connectivity index (χ2n) is 4.39. The summed E-state index contributed by atoms with van der Waals surface area (Å²) in [4.78, 5) is 15.5. The van der Waals surface area contributed by atoms with Crippen LogP contribution in [0.15, 0.2) is 4.99 Å². The van der Waals surface area contributed by atoms with Crippen LogP contribution in [0.3, 0.4) is 0 Å². The normalized spacial score (nSPS) is 33.1. The van der Waals surface area contributed by atoms with E-state index in [1.54, 1.807) is 11.8 Å². The fourth-order valence-electron chi connectivity index (χ4n) is 1.53. The first-order chi connectivity index (χ1) is 6.55. The number of amidine groups is 1. The standard InChI is InChI=1S/C9H15N3OS/c1-9(2)5-14-8(12-9)11-6-3-7(13)10-4-6/h6H,3-5H2,1-2H3,(H,10,13)(H,11,12). The highest BCUT2D eigenvalue weighted by atomic mass is 32.2. The number of carbonyl (C=O) groups is 1. The zero-order valence-electron chi connectivity index (χ0n) is 8.46. The van der Waals surface area contributed by atoms with E-state index in [1.165, 1.54) is 0 Å². The molecule has 2 saturated heterocycles. The van der Waals surface area contributed by atoms with Crippen LogP contribution in [-0.4, -0.2) is 35.0 Å². The molecule has 0 aliphatic carbocycles. The zero-order valence-corrected chi connectivity index (χ0v) is 9.28. The van der Waals surface area contributed by atoms with Crippen LogP contribution in [0.2, 0.25) is 0 Å². The van der Waals surface area contributed by atoms with Crippen molar-refractivity contribution in [3.63, 3.8) is 0 Å². The highest BCUT2D eigenvalue weighted by Gasteiger charge is 2.29. The average Bonchev–Trinajstić information content (AvgIpc) is 2.59. The SMILES string of the molecule is CC1(C)CSC(=NC2CNC(=O)C2)N1. The van der Waals surface area contributed by atoms with Gasteiger partial charge in [-0.3, -0.25) is 9.79 Å². The number of carbonyl (C=O) groups excluding carboxylic acids is 1. The van der Waals surface area contributed by atoms with Gasteiger partial charge in [-0.2, -0.15) is 0 Å². The highest BCUT2D eigenvalue weighted by Crippen LogP contribution is 2.23. The molecule has 1 amide bonds. The fourth-order valence-corrected chi connectivity index (χ4v) is 2.67. The molecule has 5 heteroatoms. The molecule has 2 N–H and O–H groups in total. The smallest absolute Gasteiger partial charge is 0.222 e. The molecule has 2 fully saturated rings. The first-order valence-corrected chi connectivity index (χ1v) is 5.79. The van der Waals surface area contributed by atoms with Crippen LogP contribution in [0.5, 0.6) is 0 Å². The second-order valence-corrected chi connectivity index (χ2v) is 5.36. The van der Waals surface area contributed by atoms with Crippen molar-refractivity contribution in [1.29, 1.82) is 0 Å². The van der Waals surface area contributed by atoms with E-state index in [-0.39, 0.29) is 17.5 Å². The summed E-state index contributed by atoms with van der Waals surface area (Å²) >= 11 is 1.74. The van der Waals surface area contributed by atoms with E-state index in [0.717, 1.165) is 10.9 Å². The fraction of sp³-hybridized carbons (Fsp3) is 0.778. The van der Waals surface area contributed by atoms with Gasteiger partial charge in [-0.05, 0) is 13.8 Å². The molecule has 0 radical (unpaired) electrons. The van der Waals surface area contributed by atoms with Crippen molar-refractivity contribution < 1.29 is 4.79 Å². The van der Waals surface area contributed by atoms with Gasteiger partial charge in [0.2, 0.25) is 5.91 Å². The Labute approximate surface area is 87.9 Å². The highest BCUT2D eigenvalue weighted by molar-refractivity contribution is 8.14. The summed E-state index contributed by atoms with van der Waals surface area (Å²) in [6.07, 6.45) is 0.534. The molecule has 0 aromatic carbocycles. The molecule has 4 nitrogen and oxygen atoms in total. The van der Waals surface area contributed by atoms with E-state index in [1.807, 2.05) is 0 Å². The molecule has 0 spiro atoms. The Bertz CT molecular complexity index is 288. The van der Waals surface area contributed by atoms with Crippen LogP contribution >= 0.6 is 11.8 Å². The second kappa shape index (κ2) is 3.46. The number of amides is 1. The van der Waals surface area contributed by atoms with Gasteiger partial charge in [-0.15, -0.1) is 0 Å². The van der Waals surface area contributed by atoms with Crippen LogP contribution in [0.4, 0.5) is 0 Å². The lowest BCUT2D eigenvalue weighted by Gasteiger charge is -2.16. The van der Waals surface area contributed by atoms with Crippen LogP contribution in [-0.2, 0) is 4.79 Å². The van der Waals surface area contributed by atoms with Crippen molar-refractivity contribution in [2.24, 2.45) is 4.99 Å². The summed E-state index contributed by atoms with van der Waals surface area (Å²) in [7, 11) is 0. The molecule has 2 rings (SSSR count). The molecule has 78 valence electrons.